The molecular formula is C23H31N7O4S. The van der Waals surface area contributed by atoms with Crippen molar-refractivity contribution >= 4 is 46.6 Å². The van der Waals surface area contributed by atoms with Gasteiger partial charge in [0.05, 0.1) is 13.2 Å². The van der Waals surface area contributed by atoms with Gasteiger partial charge in [-0.1, -0.05) is 13.0 Å². The van der Waals surface area contributed by atoms with Crippen molar-refractivity contribution in [1.29, 1.82) is 5.26 Å². The Bertz CT molecular complexity index is 1250. The molecule has 0 aliphatic heterocycles. The van der Waals surface area contributed by atoms with Crippen LogP contribution in [0.1, 0.15) is 20.8 Å². The largest absolute Gasteiger partial charge is 0.383 e. The molecule has 3 N–H and O–H groups in total. The summed E-state index contributed by atoms with van der Waals surface area (Å²) < 4.78 is 7.06. The molecule has 2 rings (SSSR count). The number of pyridine rings is 1. The number of likely N-dealkylation sites (N-methyl/N-ethyl adjacent to an activating group) is 1. The van der Waals surface area contributed by atoms with Crippen LogP contribution in [0.25, 0.3) is 11.8 Å². The van der Waals surface area contributed by atoms with E-state index in [2.05, 4.69) is 20.9 Å². The summed E-state index contributed by atoms with van der Waals surface area (Å²) in [6, 6.07) is 6.99. The van der Waals surface area contributed by atoms with Gasteiger partial charge in [0.2, 0.25) is 5.91 Å². The quantitative estimate of drug-likeness (QED) is 0.366. The molecule has 0 aliphatic carbocycles. The maximum absolute atomic E-state index is 12.8. The molecule has 0 saturated heterocycles. The van der Waals surface area contributed by atoms with Crippen molar-refractivity contribution in [2.24, 2.45) is 0 Å². The number of amides is 2. The van der Waals surface area contributed by atoms with Crippen LogP contribution in [0.2, 0.25) is 0 Å². The van der Waals surface area contributed by atoms with Gasteiger partial charge in [-0.3, -0.25) is 23.9 Å². The zero-order valence-electron chi connectivity index (χ0n) is 20.4. The number of thiazole rings is 1. The molecule has 0 atom stereocenters. The lowest BCUT2D eigenvalue weighted by Crippen LogP contribution is -2.35. The van der Waals surface area contributed by atoms with E-state index in [9.17, 15) is 19.6 Å². The molecule has 2 aromatic heterocycles. The van der Waals surface area contributed by atoms with Crippen molar-refractivity contribution in [3.63, 3.8) is 0 Å². The number of hydrogen-bond donors (Lipinski definition) is 3. The molecule has 2 amide bonds. The topological polar surface area (TPSA) is 141 Å². The van der Waals surface area contributed by atoms with E-state index < -0.39 is 5.91 Å². The minimum Gasteiger partial charge on any atom is -0.383 e. The first-order valence-corrected chi connectivity index (χ1v) is 12.1. The summed E-state index contributed by atoms with van der Waals surface area (Å²) in [6.07, 6.45) is 1.48. The minimum atomic E-state index is -0.521. The highest BCUT2D eigenvalue weighted by molar-refractivity contribution is 7.07. The van der Waals surface area contributed by atoms with Gasteiger partial charge in [-0.15, -0.1) is 11.3 Å². The normalized spacial score (nSPS) is 12.3. The molecule has 0 fully saturated rings. The van der Waals surface area contributed by atoms with Crippen LogP contribution in [0.5, 0.6) is 0 Å². The molecule has 2 heterocycles. The fourth-order valence-corrected chi connectivity index (χ4v) is 4.20. The van der Waals surface area contributed by atoms with E-state index in [1.807, 2.05) is 17.9 Å². The highest BCUT2D eigenvalue weighted by atomic mass is 32.1. The van der Waals surface area contributed by atoms with Gasteiger partial charge in [-0.25, -0.2) is 4.98 Å². The predicted molar refractivity (Wildman–Crippen MR) is 136 cm³/mol. The zero-order valence-corrected chi connectivity index (χ0v) is 21.2. The van der Waals surface area contributed by atoms with Crippen molar-refractivity contribution in [3.05, 3.63) is 37.7 Å². The average molecular weight is 502 g/mol. The fraction of sp³-hybridized carbons (Fsp3) is 0.435. The van der Waals surface area contributed by atoms with Gasteiger partial charge in [-0.05, 0) is 32.5 Å². The number of hydrogen-bond acceptors (Lipinski definition) is 9. The van der Waals surface area contributed by atoms with Crippen molar-refractivity contribution < 1.29 is 14.3 Å². The van der Waals surface area contributed by atoms with Crippen LogP contribution >= 0.6 is 11.3 Å². The Morgan fingerprint density at radius 3 is 2.66 bits per heavy atom. The van der Waals surface area contributed by atoms with Gasteiger partial charge in [0.25, 0.3) is 11.5 Å². The lowest BCUT2D eigenvalue weighted by molar-refractivity contribution is -0.117. The van der Waals surface area contributed by atoms with Crippen molar-refractivity contribution in [2.75, 3.05) is 50.5 Å². The monoisotopic (exact) mass is 501 g/mol. The predicted octanol–water partition coefficient (Wildman–Crippen LogP) is -0.108. The molecule has 0 radical (unpaired) electrons. The maximum atomic E-state index is 12.8. The molecule has 2 aromatic rings. The number of aromatic nitrogens is 2. The highest BCUT2D eigenvalue weighted by Crippen LogP contribution is 2.09. The number of nitriles is 1. The van der Waals surface area contributed by atoms with Crippen LogP contribution < -0.4 is 30.7 Å². The fourth-order valence-electron chi connectivity index (χ4n) is 3.12. The molecule has 11 nitrogen and oxygen atoms in total. The van der Waals surface area contributed by atoms with Crippen LogP contribution in [0.4, 0.5) is 11.6 Å². The van der Waals surface area contributed by atoms with Gasteiger partial charge in [-0.2, -0.15) is 5.26 Å². The van der Waals surface area contributed by atoms with Gasteiger partial charge in [0, 0.05) is 32.9 Å². The Hall–Kier alpha value is -3.53. The molecule has 0 bridgehead atoms. The Labute approximate surface area is 207 Å². The molecule has 12 heteroatoms. The molecule has 35 heavy (non-hydrogen) atoms. The van der Waals surface area contributed by atoms with E-state index >= 15 is 0 Å². The Morgan fingerprint density at radius 2 is 2.03 bits per heavy atom. The van der Waals surface area contributed by atoms with Crippen LogP contribution in [-0.2, 0) is 20.9 Å². The smallest absolute Gasteiger partial charge is 0.270 e. The van der Waals surface area contributed by atoms with E-state index in [1.165, 1.54) is 10.8 Å². The number of anilines is 2. The number of carbonyl (C=O) groups is 2. The van der Waals surface area contributed by atoms with Gasteiger partial charge < -0.3 is 20.7 Å². The summed E-state index contributed by atoms with van der Waals surface area (Å²) in [7, 11) is 1.62. The van der Waals surface area contributed by atoms with Crippen LogP contribution in [0.15, 0.2) is 23.0 Å². The van der Waals surface area contributed by atoms with Crippen LogP contribution in [0.3, 0.4) is 0 Å². The standard InChI is InChI=1S/C23H31N7O4S/c1-5-25-21(32)16(13-24)23-30(7-3)22(33)17(35-23)14-26-18-9-8-10-19(27-18)28-20(31)15-29(6-2)11-12-34-4/h8-10,14H,5-7,11-12,15H2,1-4H3,(H,25,32)(H2,26,27,28,31)/b17-14+,23-16-. The summed E-state index contributed by atoms with van der Waals surface area (Å²) >= 11 is 1.05. The Morgan fingerprint density at radius 1 is 1.29 bits per heavy atom. The zero-order chi connectivity index (χ0) is 25.8. The molecule has 0 saturated carbocycles. The van der Waals surface area contributed by atoms with Crippen LogP contribution in [-0.4, -0.2) is 66.2 Å². The summed E-state index contributed by atoms with van der Waals surface area (Å²) in [5, 5.41) is 17.8. The summed E-state index contributed by atoms with van der Waals surface area (Å²) in [4.78, 5) is 43.8. The average Bonchev–Trinajstić information content (AvgIpc) is 3.16. The number of nitrogens with one attached hydrogen (secondary N) is 3. The van der Waals surface area contributed by atoms with Crippen LogP contribution in [0, 0.1) is 11.3 Å². The molecule has 0 aliphatic rings. The minimum absolute atomic E-state index is 0.107. The first kappa shape index (κ1) is 27.7. The third-order valence-corrected chi connectivity index (χ3v) is 6.04. The Balaban J connectivity index is 2.25. The van der Waals surface area contributed by atoms with E-state index in [4.69, 9.17) is 4.74 Å². The third-order valence-electron chi connectivity index (χ3n) is 4.91. The number of rotatable bonds is 12. The van der Waals surface area contributed by atoms with Crippen molar-refractivity contribution in [1.82, 2.24) is 19.8 Å². The number of methoxy groups -OCH3 is 1. The van der Waals surface area contributed by atoms with Crippen molar-refractivity contribution in [3.8, 4) is 6.07 Å². The van der Waals surface area contributed by atoms with E-state index in [1.54, 1.807) is 39.2 Å². The van der Waals surface area contributed by atoms with E-state index in [0.29, 0.717) is 53.6 Å². The number of carbonyl (C=O) groups excluding carboxylic acids is 2. The molecule has 0 aromatic carbocycles. The second-order valence-corrected chi connectivity index (χ2v) is 8.30. The maximum Gasteiger partial charge on any atom is 0.270 e. The summed E-state index contributed by atoms with van der Waals surface area (Å²) in [5.41, 5.74) is -0.429. The lowest BCUT2D eigenvalue weighted by Gasteiger charge is -2.19. The molecule has 188 valence electrons. The highest BCUT2D eigenvalue weighted by Gasteiger charge is 2.14. The summed E-state index contributed by atoms with van der Waals surface area (Å²) in [5.74, 6) is 0.0627. The van der Waals surface area contributed by atoms with Gasteiger partial charge in [0.15, 0.2) is 5.57 Å². The first-order valence-electron chi connectivity index (χ1n) is 11.3. The molecule has 0 unspecified atom stereocenters. The van der Waals surface area contributed by atoms with Crippen molar-refractivity contribution in [2.45, 2.75) is 27.3 Å². The van der Waals surface area contributed by atoms with E-state index in [0.717, 1.165) is 11.3 Å². The third kappa shape index (κ3) is 7.74. The SMILES string of the molecule is CCNC(=O)/C(C#N)=c1\s/c(=C/Nc2cccc(NC(=O)CN(CC)CCOC)n2)c(=O)n1CC. The van der Waals surface area contributed by atoms with Gasteiger partial charge in [0.1, 0.15) is 26.9 Å². The molecule has 0 spiro atoms. The second-order valence-electron chi connectivity index (χ2n) is 7.27. The first-order chi connectivity index (χ1) is 16.9. The summed E-state index contributed by atoms with van der Waals surface area (Å²) in [6.45, 7) is 8.27. The van der Waals surface area contributed by atoms with Gasteiger partial charge >= 0.3 is 0 Å². The second kappa shape index (κ2) is 14.0. The lowest BCUT2D eigenvalue weighted by atomic mass is 10.3. The Kier molecular flexibility index (Phi) is 11.1. The number of ether oxygens (including phenoxy) is 1. The molecular weight excluding hydrogens is 470 g/mol. The number of nitrogens with zero attached hydrogens (tertiary/aromatic N) is 4. The van der Waals surface area contributed by atoms with E-state index in [-0.39, 0.29) is 23.6 Å².